The van der Waals surface area contributed by atoms with Gasteiger partial charge in [-0.2, -0.15) is 0 Å². The molecule has 0 aliphatic rings. The largest absolute Gasteiger partial charge is 0.462 e. The minimum atomic E-state index is -0.774. The van der Waals surface area contributed by atoms with Gasteiger partial charge in [0.05, 0.1) is 6.61 Å². The Balaban J connectivity index is 3.47. The first-order valence-corrected chi connectivity index (χ1v) is 32.8. The van der Waals surface area contributed by atoms with Crippen LogP contribution in [0.15, 0.2) is 97.2 Å². The van der Waals surface area contributed by atoms with E-state index < -0.39 is 6.10 Å². The van der Waals surface area contributed by atoms with Gasteiger partial charge in [-0.15, -0.1) is 0 Å². The molecular weight excluding hydrogens is 933 g/mol. The molecule has 0 radical (unpaired) electrons. The number of aliphatic hydroxyl groups is 1. The molecule has 0 aromatic rings. The molecule has 0 saturated heterocycles. The highest BCUT2D eigenvalue weighted by Crippen LogP contribution is 2.18. The summed E-state index contributed by atoms with van der Waals surface area (Å²) in [4.78, 5) is 24.6. The highest BCUT2D eigenvalue weighted by molar-refractivity contribution is 5.70. The molecule has 0 rings (SSSR count). The number of aliphatic hydroxyl groups excluding tert-OH is 1. The molecule has 1 atom stereocenters. The normalized spacial score (nSPS) is 12.8. The molecule has 0 aromatic heterocycles. The summed E-state index contributed by atoms with van der Waals surface area (Å²) in [6.45, 7) is 4.06. The number of rotatable bonds is 60. The van der Waals surface area contributed by atoms with Crippen molar-refractivity contribution < 1.29 is 24.2 Å². The average molecular weight is 1060 g/mol. The first-order chi connectivity index (χ1) is 37.6. The summed E-state index contributed by atoms with van der Waals surface area (Å²) in [6, 6.07) is 0. The first-order valence-electron chi connectivity index (χ1n) is 32.8. The van der Waals surface area contributed by atoms with Crippen LogP contribution in [0.5, 0.6) is 0 Å². The molecule has 1 N–H and O–H groups in total. The molecule has 0 aromatic carbocycles. The van der Waals surface area contributed by atoms with Gasteiger partial charge in [0.15, 0.2) is 6.10 Å². The van der Waals surface area contributed by atoms with Crippen LogP contribution >= 0.6 is 0 Å². The van der Waals surface area contributed by atoms with Crippen molar-refractivity contribution in [1.82, 2.24) is 0 Å². The van der Waals surface area contributed by atoms with Gasteiger partial charge in [-0.25, -0.2) is 0 Å². The molecule has 0 saturated carbocycles. The minimum absolute atomic E-state index is 0.0633. The van der Waals surface area contributed by atoms with Gasteiger partial charge >= 0.3 is 11.9 Å². The summed E-state index contributed by atoms with van der Waals surface area (Å²) in [6.07, 6.45) is 94.2. The van der Waals surface area contributed by atoms with Crippen molar-refractivity contribution in [3.63, 3.8) is 0 Å². The second-order valence-corrected chi connectivity index (χ2v) is 21.8. The van der Waals surface area contributed by atoms with Crippen molar-refractivity contribution in [2.45, 2.75) is 328 Å². The van der Waals surface area contributed by atoms with Gasteiger partial charge in [-0.1, -0.05) is 329 Å². The summed E-state index contributed by atoms with van der Waals surface area (Å²) in [7, 11) is 0. The second kappa shape index (κ2) is 66.1. The van der Waals surface area contributed by atoms with E-state index in [0.29, 0.717) is 12.8 Å². The Kier molecular flexibility index (Phi) is 63.3. The average Bonchev–Trinajstić information content (AvgIpc) is 3.42. The molecule has 5 nitrogen and oxygen atoms in total. The van der Waals surface area contributed by atoms with Crippen molar-refractivity contribution >= 4 is 11.9 Å². The predicted molar refractivity (Wildman–Crippen MR) is 334 cm³/mol. The summed E-state index contributed by atoms with van der Waals surface area (Å²) in [5.74, 6) is -0.576. The lowest BCUT2D eigenvalue weighted by Crippen LogP contribution is -2.28. The Morgan fingerprint density at radius 2 is 0.566 bits per heavy atom. The number of hydrogen-bond donors (Lipinski definition) is 1. The van der Waals surface area contributed by atoms with Crippen molar-refractivity contribution in [2.24, 2.45) is 0 Å². The Labute approximate surface area is 472 Å². The lowest BCUT2D eigenvalue weighted by Gasteiger charge is -2.15. The van der Waals surface area contributed by atoms with Crippen LogP contribution in [0.1, 0.15) is 322 Å². The summed E-state index contributed by atoms with van der Waals surface area (Å²) >= 11 is 0. The molecule has 0 aliphatic heterocycles. The van der Waals surface area contributed by atoms with Gasteiger partial charge < -0.3 is 14.6 Å². The van der Waals surface area contributed by atoms with E-state index >= 15 is 0 Å². The van der Waals surface area contributed by atoms with Crippen LogP contribution in [-0.2, 0) is 19.1 Å². The molecule has 0 aliphatic carbocycles. The van der Waals surface area contributed by atoms with Gasteiger partial charge in [0.2, 0.25) is 0 Å². The highest BCUT2D eigenvalue weighted by atomic mass is 16.6. The fraction of sp³-hybridized carbons (Fsp3) is 0.746. The Bertz CT molecular complexity index is 1430. The number of carbonyl (C=O) groups excluding carboxylic acids is 2. The fourth-order valence-electron chi connectivity index (χ4n) is 9.52. The molecule has 5 heteroatoms. The van der Waals surface area contributed by atoms with Crippen molar-refractivity contribution in [1.29, 1.82) is 0 Å². The SMILES string of the molecule is CC/C=C\C/C=C\C/C=C\C/C=C\C/C=C\C/C=C\C/C=C\C/C=C\CCCCCCCCCCCCCCCCCCC(=O)OC(CO)COC(=O)CCCCCCCCCCCCCCCCCCCCCCC. The van der Waals surface area contributed by atoms with Crippen molar-refractivity contribution in [2.75, 3.05) is 13.2 Å². The fourth-order valence-corrected chi connectivity index (χ4v) is 9.52. The van der Waals surface area contributed by atoms with Crippen molar-refractivity contribution in [3.8, 4) is 0 Å². The molecule has 0 heterocycles. The zero-order valence-electron chi connectivity index (χ0n) is 50.3. The molecule has 1 unspecified atom stereocenters. The zero-order valence-corrected chi connectivity index (χ0v) is 50.3. The van der Waals surface area contributed by atoms with E-state index in [9.17, 15) is 14.7 Å². The second-order valence-electron chi connectivity index (χ2n) is 21.8. The van der Waals surface area contributed by atoms with E-state index in [1.807, 2.05) is 0 Å². The van der Waals surface area contributed by atoms with Crippen LogP contribution in [0.2, 0.25) is 0 Å². The Hall–Kier alpha value is -3.18. The lowest BCUT2D eigenvalue weighted by molar-refractivity contribution is -0.161. The molecule has 0 amide bonds. The number of carbonyl (C=O) groups is 2. The van der Waals surface area contributed by atoms with E-state index in [4.69, 9.17) is 9.47 Å². The number of hydrogen-bond acceptors (Lipinski definition) is 5. The van der Waals surface area contributed by atoms with Crippen LogP contribution in [0.3, 0.4) is 0 Å². The monoisotopic (exact) mass is 1060 g/mol. The maximum absolute atomic E-state index is 12.3. The minimum Gasteiger partial charge on any atom is -0.462 e. The number of ether oxygens (including phenoxy) is 2. The van der Waals surface area contributed by atoms with Crippen LogP contribution in [0.4, 0.5) is 0 Å². The molecular formula is C71H124O5. The van der Waals surface area contributed by atoms with Gasteiger partial charge in [-0.3, -0.25) is 9.59 Å². The molecule has 438 valence electrons. The van der Waals surface area contributed by atoms with E-state index in [-0.39, 0.29) is 25.2 Å². The first kappa shape index (κ1) is 72.8. The van der Waals surface area contributed by atoms with Crippen molar-refractivity contribution in [3.05, 3.63) is 97.2 Å². The van der Waals surface area contributed by atoms with Gasteiger partial charge in [0.1, 0.15) is 6.61 Å². The van der Waals surface area contributed by atoms with E-state index in [1.165, 1.54) is 205 Å². The Morgan fingerprint density at radius 1 is 0.316 bits per heavy atom. The zero-order chi connectivity index (χ0) is 54.8. The summed E-state index contributed by atoms with van der Waals surface area (Å²) in [5, 5.41) is 9.68. The van der Waals surface area contributed by atoms with E-state index in [2.05, 4.69) is 111 Å². The quantitative estimate of drug-likeness (QED) is 0.0373. The lowest BCUT2D eigenvalue weighted by atomic mass is 10.0. The maximum atomic E-state index is 12.3. The van der Waals surface area contributed by atoms with E-state index in [0.717, 1.165) is 89.9 Å². The Morgan fingerprint density at radius 3 is 0.855 bits per heavy atom. The number of unbranched alkanes of at least 4 members (excludes halogenated alkanes) is 36. The summed E-state index contributed by atoms with van der Waals surface area (Å²) < 4.78 is 10.7. The number of esters is 2. The molecule has 76 heavy (non-hydrogen) atoms. The third-order valence-electron chi connectivity index (χ3n) is 14.4. The third-order valence-corrected chi connectivity index (χ3v) is 14.4. The highest BCUT2D eigenvalue weighted by Gasteiger charge is 2.16. The smallest absolute Gasteiger partial charge is 0.306 e. The topological polar surface area (TPSA) is 72.8 Å². The number of allylic oxidation sites excluding steroid dienone is 16. The maximum Gasteiger partial charge on any atom is 0.306 e. The predicted octanol–water partition coefficient (Wildman–Crippen LogP) is 22.6. The van der Waals surface area contributed by atoms with Crippen LogP contribution in [0.25, 0.3) is 0 Å². The molecule has 0 spiro atoms. The van der Waals surface area contributed by atoms with Gasteiger partial charge in [0, 0.05) is 12.8 Å². The van der Waals surface area contributed by atoms with Crippen LogP contribution in [-0.4, -0.2) is 36.4 Å². The van der Waals surface area contributed by atoms with E-state index in [1.54, 1.807) is 0 Å². The standard InChI is InChI=1S/C71H124O5/c1-3-5-7-9-11-13-15-17-19-21-23-25-26-27-28-29-30-31-32-33-34-35-36-37-38-39-40-41-42-43-44-46-48-50-52-54-56-58-60-62-64-66-71(74)76-69(67-72)68-75-70(73)65-63-61-59-57-55-53-51-49-47-45-24-22-20-18-16-14-12-10-8-6-4-2/h5,7,11,13,17,19,23,25,27-28,30-31,33-34,36-37,69,72H,3-4,6,8-10,12,14-16,18,20-22,24,26,29,32,35,38-68H2,1-2H3/b7-5-,13-11-,19-17-,25-23-,28-27-,31-30-,34-33-,37-36-. The summed E-state index contributed by atoms with van der Waals surface area (Å²) in [5.41, 5.74) is 0. The van der Waals surface area contributed by atoms with Gasteiger partial charge in [0.25, 0.3) is 0 Å². The molecule has 0 bridgehead atoms. The van der Waals surface area contributed by atoms with Gasteiger partial charge in [-0.05, 0) is 77.0 Å². The molecule has 0 fully saturated rings. The third kappa shape index (κ3) is 63.4. The van der Waals surface area contributed by atoms with Crippen LogP contribution < -0.4 is 0 Å². The van der Waals surface area contributed by atoms with Crippen LogP contribution in [0, 0.1) is 0 Å².